The zero-order chi connectivity index (χ0) is 19.8. The zero-order valence-corrected chi connectivity index (χ0v) is 16.3. The fourth-order valence-corrected chi connectivity index (χ4v) is 4.54. The molecule has 2 N–H and O–H groups in total. The van der Waals surface area contributed by atoms with Crippen molar-refractivity contribution in [3.8, 4) is 0 Å². The number of aliphatic hydroxyl groups excluding tert-OH is 1. The lowest BCUT2D eigenvalue weighted by Gasteiger charge is -2.58. The Balaban J connectivity index is 1.67. The van der Waals surface area contributed by atoms with E-state index in [4.69, 9.17) is 11.6 Å². The quantitative estimate of drug-likeness (QED) is 0.830. The van der Waals surface area contributed by atoms with Gasteiger partial charge >= 0.3 is 6.03 Å². The highest BCUT2D eigenvalue weighted by atomic mass is 35.5. The van der Waals surface area contributed by atoms with Crippen LogP contribution in [0, 0.1) is 0 Å². The second-order valence-electron chi connectivity index (χ2n) is 7.08. The molecule has 0 aliphatic carbocycles. The molecule has 146 valence electrons. The van der Waals surface area contributed by atoms with Crippen molar-refractivity contribution in [1.82, 2.24) is 4.90 Å². The van der Waals surface area contributed by atoms with Crippen LogP contribution in [0.5, 0.6) is 0 Å². The fourth-order valence-electron chi connectivity index (χ4n) is 4.36. The first-order valence-corrected chi connectivity index (χ1v) is 9.78. The molecule has 2 aliphatic rings. The lowest BCUT2D eigenvalue weighted by atomic mass is 9.72. The monoisotopic (exact) mass is 399 g/mol. The van der Waals surface area contributed by atoms with Crippen LogP contribution in [0.1, 0.15) is 24.8 Å². The number of halogens is 1. The number of benzene rings is 2. The Morgan fingerprint density at radius 1 is 1.18 bits per heavy atom. The molecule has 3 atom stereocenters. The number of nitrogens with zero attached hydrogens (tertiary/aromatic N) is 2. The van der Waals surface area contributed by atoms with Gasteiger partial charge in [0.2, 0.25) is 5.91 Å². The van der Waals surface area contributed by atoms with Crippen LogP contribution >= 0.6 is 11.6 Å². The summed E-state index contributed by atoms with van der Waals surface area (Å²) >= 11 is 6.18. The maximum Gasteiger partial charge on any atom is 0.326 e. The Labute approximate surface area is 168 Å². The highest BCUT2D eigenvalue weighted by molar-refractivity contribution is 6.33. The van der Waals surface area contributed by atoms with Gasteiger partial charge in [0.05, 0.1) is 29.4 Å². The van der Waals surface area contributed by atoms with Gasteiger partial charge in [0, 0.05) is 24.6 Å². The molecule has 0 saturated carbocycles. The molecule has 3 amide bonds. The lowest BCUT2D eigenvalue weighted by Crippen LogP contribution is -2.70. The molecule has 0 aromatic heterocycles. The predicted molar refractivity (Wildman–Crippen MR) is 109 cm³/mol. The molecule has 1 fully saturated rings. The van der Waals surface area contributed by atoms with E-state index in [9.17, 15) is 14.7 Å². The van der Waals surface area contributed by atoms with E-state index in [-0.39, 0.29) is 36.5 Å². The van der Waals surface area contributed by atoms with Gasteiger partial charge in [0.25, 0.3) is 0 Å². The second-order valence-corrected chi connectivity index (χ2v) is 7.48. The number of carbonyl (C=O) groups is 2. The van der Waals surface area contributed by atoms with Crippen LogP contribution in [0.15, 0.2) is 48.5 Å². The number of hydrogen-bond acceptors (Lipinski definition) is 3. The molecule has 28 heavy (non-hydrogen) atoms. The zero-order valence-electron chi connectivity index (χ0n) is 15.5. The van der Waals surface area contributed by atoms with Crippen LogP contribution in [0.2, 0.25) is 5.02 Å². The summed E-state index contributed by atoms with van der Waals surface area (Å²) in [7, 11) is 0. The molecule has 2 aromatic rings. The summed E-state index contributed by atoms with van der Waals surface area (Å²) in [6, 6.07) is 14.1. The maximum absolute atomic E-state index is 13.1. The molecule has 0 spiro atoms. The van der Waals surface area contributed by atoms with Gasteiger partial charge in [-0.15, -0.1) is 0 Å². The van der Waals surface area contributed by atoms with Gasteiger partial charge in [-0.2, -0.15) is 0 Å². The van der Waals surface area contributed by atoms with E-state index < -0.39 is 0 Å². The maximum atomic E-state index is 13.1. The van der Waals surface area contributed by atoms with Gasteiger partial charge in [-0.1, -0.05) is 48.9 Å². The molecular weight excluding hydrogens is 378 g/mol. The smallest absolute Gasteiger partial charge is 0.326 e. The van der Waals surface area contributed by atoms with Crippen LogP contribution in [0.3, 0.4) is 0 Å². The van der Waals surface area contributed by atoms with Crippen molar-refractivity contribution >= 4 is 34.9 Å². The summed E-state index contributed by atoms with van der Waals surface area (Å²) < 4.78 is 0. The van der Waals surface area contributed by atoms with Gasteiger partial charge in [-0.25, -0.2) is 4.79 Å². The van der Waals surface area contributed by atoms with Gasteiger partial charge in [-0.05, 0) is 23.8 Å². The molecule has 0 radical (unpaired) electrons. The van der Waals surface area contributed by atoms with Crippen molar-refractivity contribution in [3.05, 3.63) is 59.1 Å². The van der Waals surface area contributed by atoms with Crippen LogP contribution in [-0.2, 0) is 4.79 Å². The molecule has 1 saturated heterocycles. The number of amides is 3. The third-order valence-corrected chi connectivity index (χ3v) is 5.97. The van der Waals surface area contributed by atoms with Crippen LogP contribution in [-0.4, -0.2) is 47.2 Å². The Hall–Kier alpha value is -2.57. The number of rotatable bonds is 3. The van der Waals surface area contributed by atoms with E-state index in [0.29, 0.717) is 23.7 Å². The second kappa shape index (κ2) is 7.45. The molecule has 6 nitrogen and oxygen atoms in total. The molecule has 2 aliphatic heterocycles. The summed E-state index contributed by atoms with van der Waals surface area (Å²) in [5.41, 5.74) is 2.32. The molecular formula is C21H22ClN3O3. The average Bonchev–Trinajstić information content (AvgIpc) is 2.69. The number of likely N-dealkylation sites (tertiary alicyclic amines) is 1. The number of para-hydroxylation sites is 2. The summed E-state index contributed by atoms with van der Waals surface area (Å²) in [4.78, 5) is 28.9. The summed E-state index contributed by atoms with van der Waals surface area (Å²) in [6.07, 6.45) is 0.368. The fraction of sp³-hybridized carbons (Fsp3) is 0.333. The van der Waals surface area contributed by atoms with Crippen molar-refractivity contribution in [2.75, 3.05) is 23.4 Å². The first-order chi connectivity index (χ1) is 13.6. The van der Waals surface area contributed by atoms with Crippen molar-refractivity contribution in [1.29, 1.82) is 0 Å². The minimum Gasteiger partial charge on any atom is -0.394 e. The SMILES string of the molecule is CCC(=O)N1[C@@H](CO)[C@@H]2c3ccccc3N(C(=O)Nc3ccccc3Cl)C[C@@H]21. The van der Waals surface area contributed by atoms with E-state index in [1.165, 1.54) is 0 Å². The van der Waals surface area contributed by atoms with E-state index in [0.717, 1.165) is 11.3 Å². The third kappa shape index (κ3) is 2.93. The number of aliphatic hydroxyl groups is 1. The van der Waals surface area contributed by atoms with Crippen molar-refractivity contribution < 1.29 is 14.7 Å². The lowest BCUT2D eigenvalue weighted by molar-refractivity contribution is -0.149. The summed E-state index contributed by atoms with van der Waals surface area (Å²) in [5, 5.41) is 13.2. The van der Waals surface area contributed by atoms with Gasteiger partial charge < -0.3 is 15.3 Å². The van der Waals surface area contributed by atoms with Crippen molar-refractivity contribution in [2.24, 2.45) is 0 Å². The molecule has 0 bridgehead atoms. The Morgan fingerprint density at radius 3 is 2.61 bits per heavy atom. The normalized spacial score (nSPS) is 22.8. The average molecular weight is 400 g/mol. The number of nitrogens with one attached hydrogen (secondary N) is 1. The Bertz CT molecular complexity index is 919. The molecule has 4 rings (SSSR count). The number of carbonyl (C=O) groups excluding carboxylic acids is 2. The predicted octanol–water partition coefficient (Wildman–Crippen LogP) is 3.46. The summed E-state index contributed by atoms with van der Waals surface area (Å²) in [6.45, 7) is 2.09. The van der Waals surface area contributed by atoms with Crippen LogP contribution in [0.25, 0.3) is 0 Å². The highest BCUT2D eigenvalue weighted by Crippen LogP contribution is 2.48. The van der Waals surface area contributed by atoms with E-state index in [2.05, 4.69) is 5.32 Å². The minimum atomic E-state index is -0.296. The largest absolute Gasteiger partial charge is 0.394 e. The van der Waals surface area contributed by atoms with Crippen molar-refractivity contribution in [3.63, 3.8) is 0 Å². The number of urea groups is 1. The van der Waals surface area contributed by atoms with Gasteiger partial charge in [0.15, 0.2) is 0 Å². The topological polar surface area (TPSA) is 72.9 Å². The Morgan fingerprint density at radius 2 is 1.89 bits per heavy atom. The van der Waals surface area contributed by atoms with Crippen LogP contribution < -0.4 is 10.2 Å². The Kier molecular flexibility index (Phi) is 5.00. The van der Waals surface area contributed by atoms with Crippen molar-refractivity contribution in [2.45, 2.75) is 31.3 Å². The highest BCUT2D eigenvalue weighted by Gasteiger charge is 2.54. The molecule has 2 aromatic carbocycles. The van der Waals surface area contributed by atoms with Gasteiger partial charge in [0.1, 0.15) is 0 Å². The molecule has 2 heterocycles. The van der Waals surface area contributed by atoms with E-state index in [1.807, 2.05) is 31.2 Å². The third-order valence-electron chi connectivity index (χ3n) is 5.64. The number of fused-ring (bicyclic) bond motifs is 3. The van der Waals surface area contributed by atoms with Crippen LogP contribution in [0.4, 0.5) is 16.2 Å². The van der Waals surface area contributed by atoms with E-state index in [1.54, 1.807) is 34.1 Å². The first kappa shape index (κ1) is 18.8. The number of anilines is 2. The van der Waals surface area contributed by atoms with Gasteiger partial charge in [-0.3, -0.25) is 9.69 Å². The summed E-state index contributed by atoms with van der Waals surface area (Å²) in [5.74, 6) is 0.0206. The number of hydrogen-bond donors (Lipinski definition) is 2. The minimum absolute atomic E-state index is 0.00820. The molecule has 7 heteroatoms. The molecule has 0 unspecified atom stereocenters. The van der Waals surface area contributed by atoms with E-state index >= 15 is 0 Å². The standard InChI is InChI=1S/C21H22ClN3O3/c1-2-19(27)25-17-11-24(21(28)23-15-9-5-4-8-14(15)22)16-10-6-3-7-13(16)20(17)18(25)12-26/h3-10,17-18,20,26H,2,11-12H2,1H3,(H,23,28)/t17-,18-,20+/m0/s1. The first-order valence-electron chi connectivity index (χ1n) is 9.40.